The van der Waals surface area contributed by atoms with Crippen LogP contribution in [0.25, 0.3) is 11.2 Å². The maximum absolute atomic E-state index is 11.9. The molecule has 4 heterocycles. The SMILES string of the molecule is COc1cc(-n2cnc(Nc3nc(N4CCC[C@@H]4C(N)=O)nn4cccc34)c2)cc(OC)c1OC. The van der Waals surface area contributed by atoms with Crippen LogP contribution in [0.2, 0.25) is 0 Å². The zero-order valence-corrected chi connectivity index (χ0v) is 19.6. The van der Waals surface area contributed by atoms with Crippen LogP contribution in [0.15, 0.2) is 43.0 Å². The van der Waals surface area contributed by atoms with E-state index in [0.29, 0.717) is 47.8 Å². The van der Waals surface area contributed by atoms with Crippen molar-refractivity contribution in [3.63, 3.8) is 0 Å². The average Bonchev–Trinajstić information content (AvgIpc) is 3.63. The number of imidazole rings is 1. The molecule has 182 valence electrons. The van der Waals surface area contributed by atoms with Gasteiger partial charge in [0.2, 0.25) is 17.6 Å². The number of primary amides is 1. The Labute approximate surface area is 201 Å². The van der Waals surface area contributed by atoms with Crippen molar-refractivity contribution in [2.45, 2.75) is 18.9 Å². The quantitative estimate of drug-likeness (QED) is 0.390. The second-order valence-electron chi connectivity index (χ2n) is 8.03. The van der Waals surface area contributed by atoms with Crippen LogP contribution >= 0.6 is 0 Å². The molecule has 3 aromatic heterocycles. The Bertz CT molecular complexity index is 1360. The molecule has 35 heavy (non-hydrogen) atoms. The third-order valence-corrected chi connectivity index (χ3v) is 5.99. The summed E-state index contributed by atoms with van der Waals surface area (Å²) in [4.78, 5) is 23.0. The van der Waals surface area contributed by atoms with E-state index in [1.807, 2.05) is 46.1 Å². The van der Waals surface area contributed by atoms with Crippen LogP contribution in [0.3, 0.4) is 0 Å². The summed E-state index contributed by atoms with van der Waals surface area (Å²) in [7, 11) is 4.70. The molecule has 0 spiro atoms. The van der Waals surface area contributed by atoms with Gasteiger partial charge in [0.15, 0.2) is 17.3 Å². The predicted molar refractivity (Wildman–Crippen MR) is 129 cm³/mol. The van der Waals surface area contributed by atoms with Crippen molar-refractivity contribution in [1.29, 1.82) is 0 Å². The van der Waals surface area contributed by atoms with E-state index in [1.54, 1.807) is 32.2 Å². The van der Waals surface area contributed by atoms with E-state index in [4.69, 9.17) is 24.9 Å². The lowest BCUT2D eigenvalue weighted by Crippen LogP contribution is -2.41. The molecule has 1 atom stereocenters. The first-order valence-electron chi connectivity index (χ1n) is 11.0. The zero-order chi connectivity index (χ0) is 24.5. The van der Waals surface area contributed by atoms with Crippen LogP contribution in [0.5, 0.6) is 17.2 Å². The standard InChI is InChI=1S/C23H26N8O4/c1-33-17-10-14(11-18(34-2)20(17)35-3)29-12-19(25-13-29)26-22-16-7-5-9-31(16)28-23(27-22)30-8-4-6-15(30)21(24)32/h5,7,9-13,15H,4,6,8H2,1-3H3,(H2,24,32)(H,26,27,28)/t15-/m1/s1. The van der Waals surface area contributed by atoms with Crippen molar-refractivity contribution in [2.24, 2.45) is 5.73 Å². The average molecular weight is 479 g/mol. The molecule has 1 aliphatic heterocycles. The number of hydrogen-bond donors (Lipinski definition) is 2. The topological polar surface area (TPSA) is 134 Å². The summed E-state index contributed by atoms with van der Waals surface area (Å²) in [5.74, 6) is 2.77. The molecule has 0 saturated carbocycles. The molecule has 0 bridgehead atoms. The van der Waals surface area contributed by atoms with Crippen LogP contribution in [0.1, 0.15) is 12.8 Å². The normalized spacial score (nSPS) is 15.4. The van der Waals surface area contributed by atoms with E-state index in [9.17, 15) is 4.79 Å². The molecular formula is C23H26N8O4. The van der Waals surface area contributed by atoms with E-state index in [1.165, 1.54) is 0 Å². The van der Waals surface area contributed by atoms with Gasteiger partial charge in [-0.1, -0.05) is 0 Å². The number of methoxy groups -OCH3 is 3. The molecule has 3 N–H and O–H groups in total. The third kappa shape index (κ3) is 4.03. The van der Waals surface area contributed by atoms with Crippen molar-refractivity contribution in [3.8, 4) is 22.9 Å². The molecule has 0 radical (unpaired) electrons. The molecule has 1 amide bonds. The van der Waals surface area contributed by atoms with E-state index in [2.05, 4.69) is 15.4 Å². The number of aromatic nitrogens is 5. The van der Waals surface area contributed by atoms with Crippen LogP contribution in [-0.4, -0.2) is 64.0 Å². The first-order chi connectivity index (χ1) is 17.0. The first-order valence-corrected chi connectivity index (χ1v) is 11.0. The Kier molecular flexibility index (Phi) is 5.77. The lowest BCUT2D eigenvalue weighted by atomic mass is 10.2. The lowest BCUT2D eigenvalue weighted by molar-refractivity contribution is -0.119. The zero-order valence-electron chi connectivity index (χ0n) is 19.6. The van der Waals surface area contributed by atoms with Crippen molar-refractivity contribution in [2.75, 3.05) is 38.1 Å². The minimum absolute atomic E-state index is 0.377. The predicted octanol–water partition coefficient (Wildman–Crippen LogP) is 2.14. The smallest absolute Gasteiger partial charge is 0.246 e. The van der Waals surface area contributed by atoms with Crippen LogP contribution in [-0.2, 0) is 4.79 Å². The molecule has 4 aromatic rings. The van der Waals surface area contributed by atoms with Gasteiger partial charge >= 0.3 is 0 Å². The Morgan fingerprint density at radius 1 is 1.17 bits per heavy atom. The van der Waals surface area contributed by atoms with Crippen LogP contribution < -0.4 is 30.2 Å². The van der Waals surface area contributed by atoms with Crippen molar-refractivity contribution in [3.05, 3.63) is 43.0 Å². The number of hydrogen-bond acceptors (Lipinski definition) is 9. The van der Waals surface area contributed by atoms with Gasteiger partial charge < -0.3 is 34.7 Å². The summed E-state index contributed by atoms with van der Waals surface area (Å²) in [6.45, 7) is 0.662. The summed E-state index contributed by atoms with van der Waals surface area (Å²) >= 11 is 0. The van der Waals surface area contributed by atoms with E-state index >= 15 is 0 Å². The van der Waals surface area contributed by atoms with Gasteiger partial charge in [0, 0.05) is 24.9 Å². The molecule has 0 aliphatic carbocycles. The largest absolute Gasteiger partial charge is 0.493 e. The van der Waals surface area contributed by atoms with E-state index < -0.39 is 6.04 Å². The van der Waals surface area contributed by atoms with Gasteiger partial charge in [-0.2, -0.15) is 4.98 Å². The number of benzene rings is 1. The Hall–Kier alpha value is -4.48. The second-order valence-corrected chi connectivity index (χ2v) is 8.03. The van der Waals surface area contributed by atoms with Gasteiger partial charge in [0.05, 0.1) is 33.2 Å². The van der Waals surface area contributed by atoms with Crippen molar-refractivity contribution >= 4 is 29.0 Å². The minimum Gasteiger partial charge on any atom is -0.493 e. The molecule has 5 rings (SSSR count). The van der Waals surface area contributed by atoms with Gasteiger partial charge in [0.25, 0.3) is 0 Å². The van der Waals surface area contributed by atoms with Gasteiger partial charge in [-0.3, -0.25) is 4.79 Å². The molecular weight excluding hydrogens is 452 g/mol. The van der Waals surface area contributed by atoms with Crippen LogP contribution in [0, 0.1) is 0 Å². The van der Waals surface area contributed by atoms with E-state index in [-0.39, 0.29) is 5.91 Å². The highest BCUT2D eigenvalue weighted by Gasteiger charge is 2.31. The third-order valence-electron chi connectivity index (χ3n) is 5.99. The second kappa shape index (κ2) is 9.05. The number of rotatable bonds is 8. The molecule has 1 fully saturated rings. The maximum atomic E-state index is 11.9. The number of carbonyl (C=O) groups is 1. The van der Waals surface area contributed by atoms with Gasteiger partial charge in [-0.05, 0) is 25.0 Å². The summed E-state index contributed by atoms with van der Waals surface area (Å²) in [6.07, 6.45) is 6.86. The fourth-order valence-electron chi connectivity index (χ4n) is 4.30. The molecule has 0 unspecified atom stereocenters. The first kappa shape index (κ1) is 22.3. The van der Waals surface area contributed by atoms with Gasteiger partial charge in [0.1, 0.15) is 23.7 Å². The fraction of sp³-hybridized carbons (Fsp3) is 0.304. The van der Waals surface area contributed by atoms with Gasteiger partial charge in [-0.15, -0.1) is 5.10 Å². The number of amides is 1. The summed E-state index contributed by atoms with van der Waals surface area (Å²) in [5.41, 5.74) is 7.15. The number of fused-ring (bicyclic) bond motifs is 1. The van der Waals surface area contributed by atoms with Gasteiger partial charge in [-0.25, -0.2) is 9.50 Å². The molecule has 1 saturated heterocycles. The highest BCUT2D eigenvalue weighted by molar-refractivity contribution is 5.84. The molecule has 12 nitrogen and oxygen atoms in total. The van der Waals surface area contributed by atoms with Crippen molar-refractivity contribution in [1.82, 2.24) is 24.1 Å². The highest BCUT2D eigenvalue weighted by Crippen LogP contribution is 2.39. The summed E-state index contributed by atoms with van der Waals surface area (Å²) in [5, 5.41) is 7.85. The fourth-order valence-corrected chi connectivity index (χ4v) is 4.30. The Morgan fingerprint density at radius 2 is 1.94 bits per heavy atom. The molecule has 1 aromatic carbocycles. The van der Waals surface area contributed by atoms with Crippen LogP contribution in [0.4, 0.5) is 17.6 Å². The Balaban J connectivity index is 1.48. The van der Waals surface area contributed by atoms with E-state index in [0.717, 1.165) is 17.6 Å². The molecule has 1 aliphatic rings. The number of nitrogens with one attached hydrogen (secondary N) is 1. The maximum Gasteiger partial charge on any atom is 0.246 e. The monoisotopic (exact) mass is 478 g/mol. The number of carbonyl (C=O) groups excluding carboxylic acids is 1. The number of anilines is 3. The summed E-state index contributed by atoms with van der Waals surface area (Å²) in [6, 6.07) is 7.02. The highest BCUT2D eigenvalue weighted by atomic mass is 16.5. The lowest BCUT2D eigenvalue weighted by Gasteiger charge is -2.22. The Morgan fingerprint density at radius 3 is 2.63 bits per heavy atom. The molecule has 12 heteroatoms. The number of ether oxygens (including phenoxy) is 3. The minimum atomic E-state index is -0.421. The summed E-state index contributed by atoms with van der Waals surface area (Å²) < 4.78 is 19.9. The van der Waals surface area contributed by atoms with Crippen molar-refractivity contribution < 1.29 is 19.0 Å². The number of nitrogens with zero attached hydrogens (tertiary/aromatic N) is 6. The number of nitrogens with two attached hydrogens (primary N) is 1.